The van der Waals surface area contributed by atoms with Gasteiger partial charge in [-0.3, -0.25) is 0 Å². The molecule has 0 aliphatic carbocycles. The molecule has 1 N–H and O–H groups in total. The summed E-state index contributed by atoms with van der Waals surface area (Å²) in [5, 5.41) is 3.39. The third-order valence-electron chi connectivity index (χ3n) is 3.52. The standard InChI is InChI=1S/C14H19NO2/c1-2-14(16-7-1)10-17-13-4-3-11-5-6-15-9-12(11)8-13/h3-4,8,14-15H,1-2,5-7,9-10H2. The van der Waals surface area contributed by atoms with Crippen molar-refractivity contribution in [3.63, 3.8) is 0 Å². The first-order valence-corrected chi connectivity index (χ1v) is 6.49. The fourth-order valence-corrected chi connectivity index (χ4v) is 2.51. The lowest BCUT2D eigenvalue weighted by Gasteiger charge is -2.18. The van der Waals surface area contributed by atoms with Crippen LogP contribution in [0.2, 0.25) is 0 Å². The Morgan fingerprint density at radius 3 is 3.24 bits per heavy atom. The van der Waals surface area contributed by atoms with Crippen molar-refractivity contribution in [1.82, 2.24) is 5.32 Å². The largest absolute Gasteiger partial charge is 0.491 e. The summed E-state index contributed by atoms with van der Waals surface area (Å²) in [6, 6.07) is 6.44. The Hall–Kier alpha value is -1.06. The summed E-state index contributed by atoms with van der Waals surface area (Å²) >= 11 is 0. The summed E-state index contributed by atoms with van der Waals surface area (Å²) in [5.41, 5.74) is 2.83. The van der Waals surface area contributed by atoms with E-state index in [1.54, 1.807) is 0 Å². The minimum absolute atomic E-state index is 0.296. The Balaban J connectivity index is 1.62. The van der Waals surface area contributed by atoms with E-state index in [4.69, 9.17) is 9.47 Å². The van der Waals surface area contributed by atoms with Crippen LogP contribution in [0.1, 0.15) is 24.0 Å². The molecular weight excluding hydrogens is 214 g/mol. The van der Waals surface area contributed by atoms with Gasteiger partial charge in [0.25, 0.3) is 0 Å². The van der Waals surface area contributed by atoms with Crippen LogP contribution in [0.5, 0.6) is 5.75 Å². The summed E-state index contributed by atoms with van der Waals surface area (Å²) in [6.07, 6.45) is 3.72. The zero-order valence-corrected chi connectivity index (χ0v) is 10.1. The van der Waals surface area contributed by atoms with Crippen LogP contribution in [0.15, 0.2) is 18.2 Å². The van der Waals surface area contributed by atoms with Gasteiger partial charge in [-0.15, -0.1) is 0 Å². The van der Waals surface area contributed by atoms with Crippen molar-refractivity contribution in [2.75, 3.05) is 19.8 Å². The van der Waals surface area contributed by atoms with Crippen molar-refractivity contribution in [3.8, 4) is 5.75 Å². The minimum Gasteiger partial charge on any atom is -0.491 e. The second-order valence-electron chi connectivity index (χ2n) is 4.80. The van der Waals surface area contributed by atoms with Crippen LogP contribution < -0.4 is 10.1 Å². The van der Waals surface area contributed by atoms with Gasteiger partial charge in [0.05, 0.1) is 6.10 Å². The third-order valence-corrected chi connectivity index (χ3v) is 3.52. The van der Waals surface area contributed by atoms with Crippen molar-refractivity contribution in [2.24, 2.45) is 0 Å². The summed E-state index contributed by atoms with van der Waals surface area (Å²) < 4.78 is 11.4. The maximum absolute atomic E-state index is 5.80. The van der Waals surface area contributed by atoms with Gasteiger partial charge in [-0.2, -0.15) is 0 Å². The molecule has 0 amide bonds. The smallest absolute Gasteiger partial charge is 0.119 e. The van der Waals surface area contributed by atoms with Crippen molar-refractivity contribution in [3.05, 3.63) is 29.3 Å². The molecule has 1 aromatic carbocycles. The molecule has 3 nitrogen and oxygen atoms in total. The normalized spacial score (nSPS) is 23.4. The summed E-state index contributed by atoms with van der Waals surface area (Å²) in [7, 11) is 0. The topological polar surface area (TPSA) is 30.5 Å². The van der Waals surface area contributed by atoms with Crippen LogP contribution in [0.25, 0.3) is 0 Å². The molecule has 2 heterocycles. The number of benzene rings is 1. The number of rotatable bonds is 3. The van der Waals surface area contributed by atoms with Gasteiger partial charge in [0, 0.05) is 13.2 Å². The van der Waals surface area contributed by atoms with Crippen molar-refractivity contribution < 1.29 is 9.47 Å². The summed E-state index contributed by atoms with van der Waals surface area (Å²) in [6.45, 7) is 3.63. The monoisotopic (exact) mass is 233 g/mol. The van der Waals surface area contributed by atoms with E-state index in [0.717, 1.165) is 38.3 Å². The first-order valence-electron chi connectivity index (χ1n) is 6.49. The lowest BCUT2D eigenvalue weighted by atomic mass is 10.0. The molecule has 3 rings (SSSR count). The molecule has 1 unspecified atom stereocenters. The van der Waals surface area contributed by atoms with Crippen LogP contribution in [0, 0.1) is 0 Å². The van der Waals surface area contributed by atoms with Crippen LogP contribution in [-0.2, 0) is 17.7 Å². The molecule has 1 aromatic rings. The van der Waals surface area contributed by atoms with Gasteiger partial charge < -0.3 is 14.8 Å². The highest BCUT2D eigenvalue weighted by molar-refractivity contribution is 5.37. The van der Waals surface area contributed by atoms with Crippen molar-refractivity contribution in [1.29, 1.82) is 0 Å². The van der Waals surface area contributed by atoms with Gasteiger partial charge in [-0.05, 0) is 49.1 Å². The summed E-state index contributed by atoms with van der Waals surface area (Å²) in [4.78, 5) is 0. The van der Waals surface area contributed by atoms with E-state index in [1.165, 1.54) is 17.5 Å². The Kier molecular flexibility index (Phi) is 3.29. The molecule has 3 heteroatoms. The SMILES string of the molecule is c1cc2c(cc1OCC1CCCO1)CNCC2. The van der Waals surface area contributed by atoms with Gasteiger partial charge in [0.1, 0.15) is 12.4 Å². The highest BCUT2D eigenvalue weighted by atomic mass is 16.5. The Morgan fingerprint density at radius 1 is 1.35 bits per heavy atom. The van der Waals surface area contributed by atoms with E-state index in [-0.39, 0.29) is 0 Å². The predicted octanol–water partition coefficient (Wildman–Crippen LogP) is 1.89. The second kappa shape index (κ2) is 5.07. The predicted molar refractivity (Wildman–Crippen MR) is 66.3 cm³/mol. The molecule has 0 aromatic heterocycles. The molecule has 92 valence electrons. The van der Waals surface area contributed by atoms with Gasteiger partial charge in [-0.25, -0.2) is 0 Å². The van der Waals surface area contributed by atoms with Crippen LogP contribution in [0.4, 0.5) is 0 Å². The first kappa shape index (κ1) is 11.1. The zero-order valence-electron chi connectivity index (χ0n) is 10.1. The summed E-state index contributed by atoms with van der Waals surface area (Å²) in [5.74, 6) is 0.975. The molecule has 1 atom stereocenters. The molecule has 0 spiro atoms. The van der Waals surface area contributed by atoms with Gasteiger partial charge >= 0.3 is 0 Å². The molecule has 17 heavy (non-hydrogen) atoms. The molecule has 1 saturated heterocycles. The van der Waals surface area contributed by atoms with Gasteiger partial charge in [0.15, 0.2) is 0 Å². The molecule has 0 radical (unpaired) electrons. The van der Waals surface area contributed by atoms with Crippen molar-refractivity contribution >= 4 is 0 Å². The number of nitrogens with one attached hydrogen (secondary N) is 1. The molecule has 0 bridgehead atoms. The van der Waals surface area contributed by atoms with E-state index in [2.05, 4.69) is 23.5 Å². The number of hydrogen-bond donors (Lipinski definition) is 1. The highest BCUT2D eigenvalue weighted by Crippen LogP contribution is 2.21. The van der Waals surface area contributed by atoms with Crippen LogP contribution in [0.3, 0.4) is 0 Å². The van der Waals surface area contributed by atoms with Crippen LogP contribution in [-0.4, -0.2) is 25.9 Å². The molecule has 2 aliphatic rings. The average molecular weight is 233 g/mol. The Bertz CT molecular complexity index is 386. The highest BCUT2D eigenvalue weighted by Gasteiger charge is 2.16. The Morgan fingerprint density at radius 2 is 2.35 bits per heavy atom. The van der Waals surface area contributed by atoms with Crippen LogP contribution >= 0.6 is 0 Å². The number of hydrogen-bond acceptors (Lipinski definition) is 3. The molecular formula is C14H19NO2. The van der Waals surface area contributed by atoms with E-state index >= 15 is 0 Å². The zero-order chi connectivity index (χ0) is 11.5. The quantitative estimate of drug-likeness (QED) is 0.865. The van der Waals surface area contributed by atoms with E-state index in [0.29, 0.717) is 12.7 Å². The number of ether oxygens (including phenoxy) is 2. The fourth-order valence-electron chi connectivity index (χ4n) is 2.51. The first-order chi connectivity index (χ1) is 8.42. The minimum atomic E-state index is 0.296. The molecule has 0 saturated carbocycles. The van der Waals surface area contributed by atoms with E-state index in [9.17, 15) is 0 Å². The molecule has 1 fully saturated rings. The van der Waals surface area contributed by atoms with E-state index in [1.807, 2.05) is 0 Å². The lowest BCUT2D eigenvalue weighted by Crippen LogP contribution is -2.23. The molecule has 2 aliphatic heterocycles. The second-order valence-corrected chi connectivity index (χ2v) is 4.80. The van der Waals surface area contributed by atoms with Gasteiger partial charge in [0.2, 0.25) is 0 Å². The third kappa shape index (κ3) is 2.61. The number of fused-ring (bicyclic) bond motifs is 1. The maximum Gasteiger partial charge on any atom is 0.119 e. The lowest BCUT2D eigenvalue weighted by molar-refractivity contribution is 0.0679. The fraction of sp³-hybridized carbons (Fsp3) is 0.571. The average Bonchev–Trinajstić information content (AvgIpc) is 2.89. The Labute approximate surface area is 102 Å². The maximum atomic E-state index is 5.80. The van der Waals surface area contributed by atoms with Crippen molar-refractivity contribution in [2.45, 2.75) is 31.9 Å². The van der Waals surface area contributed by atoms with Gasteiger partial charge in [-0.1, -0.05) is 6.07 Å². The van der Waals surface area contributed by atoms with E-state index < -0.39 is 0 Å².